The number of carbonyl (C=O) groups is 1. The predicted octanol–water partition coefficient (Wildman–Crippen LogP) is 4.58. The lowest BCUT2D eigenvalue weighted by Gasteiger charge is -2.14. The number of nitro benzene ring substituents is 1. The number of allylic oxidation sites excluding steroid dienone is 3. The summed E-state index contributed by atoms with van der Waals surface area (Å²) >= 11 is 1.40. The monoisotopic (exact) mass is 448 g/mol. The Hall–Kier alpha value is -3.92. The molecule has 10 heteroatoms. The van der Waals surface area contributed by atoms with Crippen LogP contribution in [0.2, 0.25) is 0 Å². The number of aliphatic imine (C=N–C) groups is 1. The van der Waals surface area contributed by atoms with Gasteiger partial charge in [-0.25, -0.2) is 9.67 Å². The van der Waals surface area contributed by atoms with E-state index in [9.17, 15) is 14.9 Å². The number of benzene rings is 1. The molecule has 1 aliphatic carbocycles. The summed E-state index contributed by atoms with van der Waals surface area (Å²) in [5.41, 5.74) is 5.38. The molecule has 1 amide bonds. The zero-order chi connectivity index (χ0) is 22.8. The molecular weight excluding hydrogens is 428 g/mol. The first-order valence-corrected chi connectivity index (χ1v) is 10.6. The minimum absolute atomic E-state index is 0.0135. The zero-order valence-electron chi connectivity index (χ0n) is 17.5. The van der Waals surface area contributed by atoms with Gasteiger partial charge in [-0.2, -0.15) is 5.10 Å². The standard InChI is InChI=1S/C22H20N6O3S/c1-13(5-4-12-23-3)19-17-10-11-18-21(32-22(25-18)24-14(2)29)20(17)27(26-19)15-6-8-16(9-7-15)28(30)31/h4-9,12H,3,10-11H2,1-2H3,(H,24,25,29)/b12-4-,13-5+. The predicted molar refractivity (Wildman–Crippen MR) is 125 cm³/mol. The van der Waals surface area contributed by atoms with Crippen molar-refractivity contribution in [3.63, 3.8) is 0 Å². The van der Waals surface area contributed by atoms with Gasteiger partial charge in [0.1, 0.15) is 0 Å². The lowest BCUT2D eigenvalue weighted by atomic mass is 9.95. The number of amides is 1. The smallest absolute Gasteiger partial charge is 0.269 e. The molecule has 1 N–H and O–H groups in total. The summed E-state index contributed by atoms with van der Waals surface area (Å²) in [7, 11) is 0. The van der Waals surface area contributed by atoms with Crippen molar-refractivity contribution in [3.8, 4) is 16.3 Å². The lowest BCUT2D eigenvalue weighted by molar-refractivity contribution is -0.384. The number of hydrogen-bond acceptors (Lipinski definition) is 7. The maximum atomic E-state index is 11.5. The molecule has 0 unspecified atom stereocenters. The molecule has 0 saturated carbocycles. The van der Waals surface area contributed by atoms with E-state index < -0.39 is 4.92 Å². The Kier molecular flexibility index (Phi) is 5.78. The second-order valence-electron chi connectivity index (χ2n) is 7.21. The van der Waals surface area contributed by atoms with Crippen LogP contribution in [0.15, 0.2) is 47.6 Å². The first kappa shape index (κ1) is 21.3. The number of aryl methyl sites for hydroxylation is 1. The number of carbonyl (C=O) groups excluding carboxylic acids is 1. The van der Waals surface area contributed by atoms with Crippen LogP contribution >= 0.6 is 11.3 Å². The largest absolute Gasteiger partial charge is 0.302 e. The lowest BCUT2D eigenvalue weighted by Crippen LogP contribution is -2.07. The molecule has 162 valence electrons. The third-order valence-electron chi connectivity index (χ3n) is 5.01. The first-order valence-electron chi connectivity index (χ1n) is 9.83. The Morgan fingerprint density at radius 1 is 1.31 bits per heavy atom. The van der Waals surface area contributed by atoms with Crippen molar-refractivity contribution < 1.29 is 9.72 Å². The first-order chi connectivity index (χ1) is 15.4. The van der Waals surface area contributed by atoms with Gasteiger partial charge in [-0.05, 0) is 50.3 Å². The van der Waals surface area contributed by atoms with Crippen molar-refractivity contribution in [3.05, 3.63) is 69.7 Å². The Morgan fingerprint density at radius 3 is 2.72 bits per heavy atom. The van der Waals surface area contributed by atoms with E-state index in [1.807, 2.05) is 13.0 Å². The third kappa shape index (κ3) is 4.00. The number of rotatable bonds is 6. The Morgan fingerprint density at radius 2 is 2.06 bits per heavy atom. The van der Waals surface area contributed by atoms with Crippen LogP contribution in [0.5, 0.6) is 0 Å². The van der Waals surface area contributed by atoms with Crippen molar-refractivity contribution in [1.82, 2.24) is 14.8 Å². The van der Waals surface area contributed by atoms with Gasteiger partial charge in [0, 0.05) is 30.8 Å². The summed E-state index contributed by atoms with van der Waals surface area (Å²) in [4.78, 5) is 31.4. The molecule has 0 fully saturated rings. The van der Waals surface area contributed by atoms with Gasteiger partial charge >= 0.3 is 0 Å². The Bertz CT molecular complexity index is 1280. The van der Waals surface area contributed by atoms with Crippen LogP contribution in [0, 0.1) is 10.1 Å². The minimum Gasteiger partial charge on any atom is -0.302 e. The molecule has 2 heterocycles. The van der Waals surface area contributed by atoms with Crippen LogP contribution in [-0.4, -0.2) is 32.3 Å². The van der Waals surface area contributed by atoms with Crippen LogP contribution in [0.4, 0.5) is 10.8 Å². The summed E-state index contributed by atoms with van der Waals surface area (Å²) < 4.78 is 1.80. The fourth-order valence-corrected chi connectivity index (χ4v) is 4.74. The molecule has 0 atom stereocenters. The van der Waals surface area contributed by atoms with Crippen molar-refractivity contribution in [2.45, 2.75) is 26.7 Å². The molecule has 3 aromatic rings. The molecule has 0 aliphatic heterocycles. The molecular formula is C22H20N6O3S. The second kappa shape index (κ2) is 8.67. The molecule has 4 rings (SSSR count). The highest BCUT2D eigenvalue weighted by atomic mass is 32.1. The Balaban J connectivity index is 1.90. The van der Waals surface area contributed by atoms with Gasteiger partial charge < -0.3 is 5.32 Å². The quantitative estimate of drug-likeness (QED) is 0.256. The number of fused-ring (bicyclic) bond motifs is 3. The molecule has 32 heavy (non-hydrogen) atoms. The molecule has 0 bridgehead atoms. The van der Waals surface area contributed by atoms with Crippen molar-refractivity contribution in [2.24, 2.45) is 4.99 Å². The van der Waals surface area contributed by atoms with Crippen molar-refractivity contribution in [2.75, 3.05) is 5.32 Å². The van der Waals surface area contributed by atoms with Gasteiger partial charge in [0.15, 0.2) is 5.13 Å². The van der Waals surface area contributed by atoms with E-state index in [2.05, 4.69) is 22.0 Å². The van der Waals surface area contributed by atoms with Crippen LogP contribution in [0.25, 0.3) is 21.8 Å². The number of non-ortho nitro benzene ring substituents is 1. The molecule has 0 spiro atoms. The molecule has 0 radical (unpaired) electrons. The van der Waals surface area contributed by atoms with Gasteiger partial charge in [0.05, 0.1) is 32.6 Å². The maximum absolute atomic E-state index is 11.5. The minimum atomic E-state index is -0.429. The number of hydrogen-bond donors (Lipinski definition) is 1. The van der Waals surface area contributed by atoms with E-state index in [1.54, 1.807) is 29.1 Å². The number of nitrogens with one attached hydrogen (secondary N) is 1. The van der Waals surface area contributed by atoms with Crippen molar-refractivity contribution >= 4 is 40.4 Å². The highest BCUT2D eigenvalue weighted by molar-refractivity contribution is 7.19. The van der Waals surface area contributed by atoms with Crippen molar-refractivity contribution in [1.29, 1.82) is 0 Å². The summed E-state index contributed by atoms with van der Waals surface area (Å²) in [6, 6.07) is 6.28. The zero-order valence-corrected chi connectivity index (χ0v) is 18.3. The van der Waals surface area contributed by atoms with E-state index >= 15 is 0 Å². The highest BCUT2D eigenvalue weighted by Gasteiger charge is 2.29. The van der Waals surface area contributed by atoms with Gasteiger partial charge in [0.2, 0.25) is 5.91 Å². The van der Waals surface area contributed by atoms with Crippen LogP contribution < -0.4 is 5.32 Å². The van der Waals surface area contributed by atoms with E-state index in [0.717, 1.165) is 45.9 Å². The van der Waals surface area contributed by atoms with E-state index in [0.29, 0.717) is 10.8 Å². The molecule has 9 nitrogen and oxygen atoms in total. The number of anilines is 1. The fraction of sp³-hybridized carbons (Fsp3) is 0.182. The second-order valence-corrected chi connectivity index (χ2v) is 8.21. The highest BCUT2D eigenvalue weighted by Crippen LogP contribution is 2.43. The van der Waals surface area contributed by atoms with E-state index in [4.69, 9.17) is 5.10 Å². The maximum Gasteiger partial charge on any atom is 0.269 e. The number of nitrogens with zero attached hydrogens (tertiary/aromatic N) is 5. The van der Waals surface area contributed by atoms with Gasteiger partial charge in [-0.15, -0.1) is 0 Å². The van der Waals surface area contributed by atoms with Gasteiger partial charge in [0.25, 0.3) is 5.69 Å². The average Bonchev–Trinajstić information content (AvgIpc) is 3.34. The molecule has 1 aliphatic rings. The fourth-order valence-electron chi connectivity index (χ4n) is 3.62. The average molecular weight is 449 g/mol. The van der Waals surface area contributed by atoms with Crippen LogP contribution in [0.3, 0.4) is 0 Å². The molecule has 1 aromatic carbocycles. The number of thiazole rings is 1. The molecule has 2 aromatic heterocycles. The summed E-state index contributed by atoms with van der Waals surface area (Å²) in [6.45, 7) is 6.86. The summed E-state index contributed by atoms with van der Waals surface area (Å²) in [5.74, 6) is -0.178. The Labute approximate surface area is 188 Å². The van der Waals surface area contributed by atoms with Gasteiger partial charge in [-0.3, -0.25) is 19.9 Å². The van der Waals surface area contributed by atoms with E-state index in [1.165, 1.54) is 30.4 Å². The third-order valence-corrected chi connectivity index (χ3v) is 6.03. The van der Waals surface area contributed by atoms with E-state index in [-0.39, 0.29) is 11.6 Å². The van der Waals surface area contributed by atoms with Crippen LogP contribution in [-0.2, 0) is 17.6 Å². The summed E-state index contributed by atoms with van der Waals surface area (Å²) in [6.07, 6.45) is 6.79. The number of nitro groups is 1. The summed E-state index contributed by atoms with van der Waals surface area (Å²) in [5, 5.41) is 19.2. The van der Waals surface area contributed by atoms with Gasteiger partial charge in [-0.1, -0.05) is 17.4 Å². The number of aromatic nitrogens is 3. The van der Waals surface area contributed by atoms with Crippen LogP contribution in [0.1, 0.15) is 30.8 Å². The SMILES string of the molecule is C=N/C=C\C=C(/C)c1nn(-c2ccc([N+](=O)[O-])cc2)c2c1CCc1nc(NC(C)=O)sc1-2. The topological polar surface area (TPSA) is 115 Å². The molecule has 0 saturated heterocycles. The normalized spacial score (nSPS) is 13.0.